The molecule has 1 saturated heterocycles. The average molecular weight is 418 g/mol. The van der Waals surface area contributed by atoms with Crippen LogP contribution in [0.4, 0.5) is 0 Å². The summed E-state index contributed by atoms with van der Waals surface area (Å²) in [6, 6.07) is 13.9. The Hall–Kier alpha value is -1.81. The molecule has 0 aromatic heterocycles. The standard InChI is InChI=1S/C23H25Cl2NO2/c1-16(2)15-28-23-20(24)11-18(12-21(23)25)10-19-14-26(9-8-22(19)27)13-17-6-4-3-5-7-17/h3-7,10-12,16H,8-9,13-15H2,1-2H3/b19-10+. The Labute approximate surface area is 176 Å². The number of carbonyl (C=O) groups excluding carboxylic acids is 1. The highest BCUT2D eigenvalue weighted by Gasteiger charge is 2.21. The summed E-state index contributed by atoms with van der Waals surface area (Å²) < 4.78 is 5.72. The molecule has 2 aromatic rings. The predicted molar refractivity (Wildman–Crippen MR) is 116 cm³/mol. The molecule has 3 nitrogen and oxygen atoms in total. The minimum atomic E-state index is 0.177. The molecule has 0 saturated carbocycles. The summed E-state index contributed by atoms with van der Waals surface area (Å²) in [5.41, 5.74) is 2.84. The number of carbonyl (C=O) groups is 1. The lowest BCUT2D eigenvalue weighted by atomic mass is 9.99. The van der Waals surface area contributed by atoms with Crippen molar-refractivity contribution in [2.24, 2.45) is 5.92 Å². The summed E-state index contributed by atoms with van der Waals surface area (Å²) in [6.07, 6.45) is 2.42. The van der Waals surface area contributed by atoms with Gasteiger partial charge in [0.15, 0.2) is 11.5 Å². The fraction of sp³-hybridized carbons (Fsp3) is 0.348. The topological polar surface area (TPSA) is 29.5 Å². The lowest BCUT2D eigenvalue weighted by Gasteiger charge is -2.28. The van der Waals surface area contributed by atoms with E-state index in [1.165, 1.54) is 5.56 Å². The van der Waals surface area contributed by atoms with E-state index in [1.807, 2.05) is 24.3 Å². The number of likely N-dealkylation sites (tertiary alicyclic amines) is 1. The van der Waals surface area contributed by atoms with Crippen LogP contribution in [0.25, 0.3) is 6.08 Å². The van der Waals surface area contributed by atoms with Crippen molar-refractivity contribution in [2.45, 2.75) is 26.8 Å². The number of halogens is 2. The molecule has 28 heavy (non-hydrogen) atoms. The van der Waals surface area contributed by atoms with E-state index < -0.39 is 0 Å². The molecule has 1 heterocycles. The fourth-order valence-corrected chi connectivity index (χ4v) is 3.80. The van der Waals surface area contributed by atoms with E-state index in [9.17, 15) is 4.79 Å². The number of nitrogens with zero attached hydrogens (tertiary/aromatic N) is 1. The van der Waals surface area contributed by atoms with Crippen molar-refractivity contribution < 1.29 is 9.53 Å². The van der Waals surface area contributed by atoms with Crippen LogP contribution in [-0.4, -0.2) is 30.4 Å². The number of ether oxygens (including phenoxy) is 1. The largest absolute Gasteiger partial charge is 0.490 e. The molecule has 1 aliphatic heterocycles. The first-order valence-electron chi connectivity index (χ1n) is 9.54. The minimum absolute atomic E-state index is 0.177. The molecule has 0 N–H and O–H groups in total. The fourth-order valence-electron chi connectivity index (χ4n) is 3.18. The van der Waals surface area contributed by atoms with Crippen LogP contribution >= 0.6 is 23.2 Å². The van der Waals surface area contributed by atoms with E-state index in [1.54, 1.807) is 12.1 Å². The Morgan fingerprint density at radius 1 is 1.14 bits per heavy atom. The Morgan fingerprint density at radius 2 is 1.82 bits per heavy atom. The SMILES string of the molecule is CC(C)COc1c(Cl)cc(/C=C2\CN(Cc3ccccc3)CCC2=O)cc1Cl. The highest BCUT2D eigenvalue weighted by molar-refractivity contribution is 6.37. The van der Waals surface area contributed by atoms with E-state index in [0.29, 0.717) is 41.3 Å². The molecule has 1 fully saturated rings. The van der Waals surface area contributed by atoms with Gasteiger partial charge in [0.2, 0.25) is 0 Å². The Bertz CT molecular complexity index is 839. The van der Waals surface area contributed by atoms with Crippen molar-refractivity contribution >= 4 is 35.1 Å². The molecule has 0 bridgehead atoms. The van der Waals surface area contributed by atoms with Crippen molar-refractivity contribution in [1.82, 2.24) is 4.90 Å². The van der Waals surface area contributed by atoms with Crippen LogP contribution in [0.15, 0.2) is 48.0 Å². The summed E-state index contributed by atoms with van der Waals surface area (Å²) in [5, 5.41) is 0.925. The number of benzene rings is 2. The minimum Gasteiger partial charge on any atom is -0.490 e. The smallest absolute Gasteiger partial charge is 0.161 e. The molecule has 0 amide bonds. The van der Waals surface area contributed by atoms with Gasteiger partial charge in [-0.1, -0.05) is 67.4 Å². The van der Waals surface area contributed by atoms with Gasteiger partial charge < -0.3 is 4.74 Å². The van der Waals surface area contributed by atoms with Gasteiger partial charge in [0.1, 0.15) is 0 Å². The van der Waals surface area contributed by atoms with Crippen molar-refractivity contribution in [2.75, 3.05) is 19.7 Å². The van der Waals surface area contributed by atoms with Gasteiger partial charge in [0.25, 0.3) is 0 Å². The normalized spacial score (nSPS) is 16.8. The third kappa shape index (κ3) is 5.60. The maximum Gasteiger partial charge on any atom is 0.161 e. The van der Waals surface area contributed by atoms with Crippen LogP contribution in [0.2, 0.25) is 10.0 Å². The van der Waals surface area contributed by atoms with E-state index in [0.717, 1.165) is 24.2 Å². The van der Waals surface area contributed by atoms with Crippen LogP contribution in [0.1, 0.15) is 31.4 Å². The molecular weight excluding hydrogens is 393 g/mol. The van der Waals surface area contributed by atoms with Crippen LogP contribution in [0.5, 0.6) is 5.75 Å². The summed E-state index contributed by atoms with van der Waals surface area (Å²) in [7, 11) is 0. The second-order valence-corrected chi connectivity index (χ2v) is 8.37. The van der Waals surface area contributed by atoms with Gasteiger partial charge in [-0.05, 0) is 35.3 Å². The van der Waals surface area contributed by atoms with Gasteiger partial charge in [-0.2, -0.15) is 0 Å². The summed E-state index contributed by atoms with van der Waals surface area (Å²) in [6.45, 7) is 6.90. The van der Waals surface area contributed by atoms with Crippen LogP contribution in [0, 0.1) is 5.92 Å². The number of hydrogen-bond acceptors (Lipinski definition) is 3. The first kappa shape index (κ1) is 20.9. The second kappa shape index (κ2) is 9.60. The number of rotatable bonds is 6. The molecule has 5 heteroatoms. The quantitative estimate of drug-likeness (QED) is 0.548. The number of Topliss-reactive ketones (excluding diaryl/α,β-unsaturated/α-hetero) is 1. The number of piperidine rings is 1. The lowest BCUT2D eigenvalue weighted by Crippen LogP contribution is -2.35. The molecular formula is C23H25Cl2NO2. The zero-order valence-electron chi connectivity index (χ0n) is 16.3. The Morgan fingerprint density at radius 3 is 2.46 bits per heavy atom. The van der Waals surface area contributed by atoms with E-state index >= 15 is 0 Å². The zero-order chi connectivity index (χ0) is 20.1. The second-order valence-electron chi connectivity index (χ2n) is 7.56. The van der Waals surface area contributed by atoms with Gasteiger partial charge >= 0.3 is 0 Å². The van der Waals surface area contributed by atoms with Gasteiger partial charge in [0, 0.05) is 31.6 Å². The molecule has 0 radical (unpaired) electrons. The average Bonchev–Trinajstić information content (AvgIpc) is 2.64. The summed E-state index contributed by atoms with van der Waals surface area (Å²) >= 11 is 12.7. The lowest BCUT2D eigenvalue weighted by molar-refractivity contribution is -0.117. The molecule has 148 valence electrons. The monoisotopic (exact) mass is 417 g/mol. The summed E-state index contributed by atoms with van der Waals surface area (Å²) in [4.78, 5) is 14.7. The van der Waals surface area contributed by atoms with Gasteiger partial charge in [0.05, 0.1) is 16.7 Å². The third-order valence-electron chi connectivity index (χ3n) is 4.58. The van der Waals surface area contributed by atoms with E-state index in [2.05, 4.69) is 30.9 Å². The molecule has 0 atom stereocenters. The first-order valence-corrected chi connectivity index (χ1v) is 10.3. The molecule has 2 aromatic carbocycles. The maximum absolute atomic E-state index is 12.4. The van der Waals surface area contributed by atoms with Crippen molar-refractivity contribution in [3.8, 4) is 5.75 Å². The van der Waals surface area contributed by atoms with Gasteiger partial charge in [-0.3, -0.25) is 9.69 Å². The summed E-state index contributed by atoms with van der Waals surface area (Å²) in [5.74, 6) is 1.06. The van der Waals surface area contributed by atoms with Crippen LogP contribution < -0.4 is 4.74 Å². The van der Waals surface area contributed by atoms with Crippen molar-refractivity contribution in [3.05, 3.63) is 69.2 Å². The van der Waals surface area contributed by atoms with E-state index in [4.69, 9.17) is 27.9 Å². The highest BCUT2D eigenvalue weighted by Crippen LogP contribution is 2.35. The van der Waals surface area contributed by atoms with Crippen LogP contribution in [0.3, 0.4) is 0 Å². The number of ketones is 1. The van der Waals surface area contributed by atoms with Gasteiger partial charge in [-0.15, -0.1) is 0 Å². The third-order valence-corrected chi connectivity index (χ3v) is 5.14. The number of hydrogen-bond donors (Lipinski definition) is 0. The predicted octanol–water partition coefficient (Wildman–Crippen LogP) is 5.89. The zero-order valence-corrected chi connectivity index (χ0v) is 17.8. The Balaban J connectivity index is 1.76. The Kier molecular flexibility index (Phi) is 7.17. The van der Waals surface area contributed by atoms with Gasteiger partial charge in [-0.25, -0.2) is 0 Å². The van der Waals surface area contributed by atoms with E-state index in [-0.39, 0.29) is 5.78 Å². The first-order chi connectivity index (χ1) is 13.4. The molecule has 0 unspecified atom stereocenters. The van der Waals surface area contributed by atoms with Crippen LogP contribution in [-0.2, 0) is 11.3 Å². The molecule has 1 aliphatic rings. The maximum atomic E-state index is 12.4. The highest BCUT2D eigenvalue weighted by atomic mass is 35.5. The molecule has 0 spiro atoms. The van der Waals surface area contributed by atoms with Crippen molar-refractivity contribution in [1.29, 1.82) is 0 Å². The molecule has 0 aliphatic carbocycles. The van der Waals surface area contributed by atoms with Crippen molar-refractivity contribution in [3.63, 3.8) is 0 Å². The molecule has 3 rings (SSSR count).